The molecule has 0 fully saturated rings. The van der Waals surface area contributed by atoms with Crippen LogP contribution in [0, 0.1) is 0 Å². The molecule has 1 atom stereocenters. The maximum atomic E-state index is 12.3. The van der Waals surface area contributed by atoms with E-state index in [-0.39, 0.29) is 19.1 Å². The molecule has 1 heterocycles. The molecular weight excluding hydrogens is 274 g/mol. The predicted octanol–water partition coefficient (Wildman–Crippen LogP) is -0.681. The molecule has 7 heteroatoms. The summed E-state index contributed by atoms with van der Waals surface area (Å²) in [7, 11) is 0. The third-order valence-corrected chi connectivity index (χ3v) is 3.25. The Hall–Kier alpha value is -2.41. The Morgan fingerprint density at radius 2 is 2.00 bits per heavy atom. The summed E-state index contributed by atoms with van der Waals surface area (Å²) in [5, 5.41) is 13.3. The third kappa shape index (κ3) is 2.87. The van der Waals surface area contributed by atoms with Crippen LogP contribution in [-0.4, -0.2) is 42.5 Å². The highest BCUT2D eigenvalue weighted by Gasteiger charge is 2.37. The van der Waals surface area contributed by atoms with Gasteiger partial charge in [0.05, 0.1) is 6.61 Å². The van der Waals surface area contributed by atoms with E-state index in [1.807, 2.05) is 13.0 Å². The van der Waals surface area contributed by atoms with E-state index in [2.05, 4.69) is 10.6 Å². The maximum absolute atomic E-state index is 12.3. The van der Waals surface area contributed by atoms with Crippen LogP contribution < -0.4 is 15.5 Å². The Labute approximate surface area is 121 Å². The summed E-state index contributed by atoms with van der Waals surface area (Å²) in [6.07, 6.45) is 0. The van der Waals surface area contributed by atoms with Crippen molar-refractivity contribution in [2.45, 2.75) is 13.0 Å². The first kappa shape index (κ1) is 15.0. The number of nitrogens with one attached hydrogen (secondary N) is 2. The molecular formula is C14H17N3O4. The summed E-state index contributed by atoms with van der Waals surface area (Å²) < 4.78 is 0. The summed E-state index contributed by atoms with van der Waals surface area (Å²) in [6, 6.07) is 6.28. The first-order valence-electron chi connectivity index (χ1n) is 6.70. The highest BCUT2D eigenvalue weighted by molar-refractivity contribution is 6.35. The van der Waals surface area contributed by atoms with Crippen molar-refractivity contribution in [3.05, 3.63) is 29.8 Å². The highest BCUT2D eigenvalue weighted by Crippen LogP contribution is 2.35. The number of hydrogen-bond acceptors (Lipinski definition) is 4. The number of carbonyl (C=O) groups excluding carboxylic acids is 3. The van der Waals surface area contributed by atoms with E-state index < -0.39 is 17.9 Å². The second kappa shape index (κ2) is 6.36. The fourth-order valence-electron chi connectivity index (χ4n) is 2.30. The molecule has 112 valence electrons. The standard InChI is InChI=1S/C14H17N3O4/c1-2-17-10-6-4-3-5-9(10)11(14(17)21)16-13(20)12(19)15-7-8-18/h3-6,11,18H,2,7-8H2,1H3,(H,15,19)(H,16,20)/t11-/m1/s1. The molecule has 7 nitrogen and oxygen atoms in total. The van der Waals surface area contributed by atoms with Crippen molar-refractivity contribution in [3.63, 3.8) is 0 Å². The normalized spacial score (nSPS) is 16.6. The van der Waals surface area contributed by atoms with Crippen LogP contribution in [0.3, 0.4) is 0 Å². The van der Waals surface area contributed by atoms with Gasteiger partial charge in [-0.2, -0.15) is 0 Å². The number of para-hydroxylation sites is 1. The van der Waals surface area contributed by atoms with Gasteiger partial charge in [-0.25, -0.2) is 0 Å². The number of hydrogen-bond donors (Lipinski definition) is 3. The molecule has 0 radical (unpaired) electrons. The second-order valence-corrected chi connectivity index (χ2v) is 4.53. The van der Waals surface area contributed by atoms with Gasteiger partial charge in [0.25, 0.3) is 5.91 Å². The highest BCUT2D eigenvalue weighted by atomic mass is 16.3. The van der Waals surface area contributed by atoms with Crippen molar-refractivity contribution in [2.24, 2.45) is 0 Å². The van der Waals surface area contributed by atoms with Crippen LogP contribution in [0.1, 0.15) is 18.5 Å². The number of likely N-dealkylation sites (N-methyl/N-ethyl adjacent to an activating group) is 1. The van der Waals surface area contributed by atoms with Crippen molar-refractivity contribution in [1.82, 2.24) is 10.6 Å². The van der Waals surface area contributed by atoms with Gasteiger partial charge in [-0.3, -0.25) is 14.4 Å². The van der Waals surface area contributed by atoms with Gasteiger partial charge in [0, 0.05) is 24.3 Å². The molecule has 0 saturated carbocycles. The topological polar surface area (TPSA) is 98.7 Å². The average molecular weight is 291 g/mol. The summed E-state index contributed by atoms with van der Waals surface area (Å²) in [4.78, 5) is 37.1. The van der Waals surface area contributed by atoms with Gasteiger partial charge in [0.1, 0.15) is 6.04 Å². The van der Waals surface area contributed by atoms with Gasteiger partial charge in [0.15, 0.2) is 0 Å². The summed E-state index contributed by atoms with van der Waals surface area (Å²) in [6.45, 7) is 2.06. The zero-order valence-electron chi connectivity index (χ0n) is 11.6. The minimum Gasteiger partial charge on any atom is -0.395 e. The van der Waals surface area contributed by atoms with E-state index in [1.165, 1.54) is 0 Å². The third-order valence-electron chi connectivity index (χ3n) is 3.25. The minimum absolute atomic E-state index is 0.0114. The number of carbonyl (C=O) groups is 3. The lowest BCUT2D eigenvalue weighted by molar-refractivity contribution is -0.140. The van der Waals surface area contributed by atoms with Crippen LogP contribution >= 0.6 is 0 Å². The lowest BCUT2D eigenvalue weighted by atomic mass is 10.1. The molecule has 0 unspecified atom stereocenters. The van der Waals surface area contributed by atoms with E-state index >= 15 is 0 Å². The minimum atomic E-state index is -0.894. The van der Waals surface area contributed by atoms with E-state index in [9.17, 15) is 14.4 Å². The number of amides is 3. The first-order chi connectivity index (χ1) is 10.1. The van der Waals surface area contributed by atoms with E-state index in [4.69, 9.17) is 5.11 Å². The number of aliphatic hydroxyl groups excluding tert-OH is 1. The van der Waals surface area contributed by atoms with Gasteiger partial charge in [0.2, 0.25) is 0 Å². The number of nitrogens with zero attached hydrogens (tertiary/aromatic N) is 1. The molecule has 0 spiro atoms. The van der Waals surface area contributed by atoms with Crippen molar-refractivity contribution in [2.75, 3.05) is 24.6 Å². The van der Waals surface area contributed by atoms with Crippen molar-refractivity contribution in [3.8, 4) is 0 Å². The molecule has 0 saturated heterocycles. The van der Waals surface area contributed by atoms with Crippen LogP contribution in [0.5, 0.6) is 0 Å². The number of benzene rings is 1. The quantitative estimate of drug-likeness (QED) is 0.640. The Morgan fingerprint density at radius 1 is 1.29 bits per heavy atom. The van der Waals surface area contributed by atoms with Crippen LogP contribution in [0.15, 0.2) is 24.3 Å². The smallest absolute Gasteiger partial charge is 0.310 e. The van der Waals surface area contributed by atoms with Gasteiger partial charge in [-0.1, -0.05) is 18.2 Å². The average Bonchev–Trinajstić information content (AvgIpc) is 2.76. The number of rotatable bonds is 4. The summed E-state index contributed by atoms with van der Waals surface area (Å²) in [5.74, 6) is -2.03. The van der Waals surface area contributed by atoms with E-state index in [0.29, 0.717) is 12.1 Å². The molecule has 1 aromatic carbocycles. The van der Waals surface area contributed by atoms with Crippen LogP contribution in [0.4, 0.5) is 5.69 Å². The molecule has 0 aliphatic carbocycles. The van der Waals surface area contributed by atoms with Gasteiger partial charge >= 0.3 is 11.8 Å². The monoisotopic (exact) mass is 291 g/mol. The Kier molecular flexibility index (Phi) is 4.54. The van der Waals surface area contributed by atoms with Crippen molar-refractivity contribution in [1.29, 1.82) is 0 Å². The molecule has 0 aromatic heterocycles. The molecule has 0 bridgehead atoms. The SMILES string of the molecule is CCN1C(=O)[C@H](NC(=O)C(=O)NCCO)c2ccccc21. The lowest BCUT2D eigenvalue weighted by Crippen LogP contribution is -2.45. The lowest BCUT2D eigenvalue weighted by Gasteiger charge is -2.15. The zero-order chi connectivity index (χ0) is 15.4. The van der Waals surface area contributed by atoms with Crippen LogP contribution in [-0.2, 0) is 14.4 Å². The largest absolute Gasteiger partial charge is 0.395 e. The fourth-order valence-corrected chi connectivity index (χ4v) is 2.30. The van der Waals surface area contributed by atoms with Crippen LogP contribution in [0.25, 0.3) is 0 Å². The first-order valence-corrected chi connectivity index (χ1v) is 6.70. The fraction of sp³-hybridized carbons (Fsp3) is 0.357. The molecule has 3 amide bonds. The van der Waals surface area contributed by atoms with Crippen molar-refractivity contribution < 1.29 is 19.5 Å². The number of aliphatic hydroxyl groups is 1. The molecule has 21 heavy (non-hydrogen) atoms. The van der Waals surface area contributed by atoms with Gasteiger partial charge in [-0.05, 0) is 13.0 Å². The van der Waals surface area contributed by atoms with Gasteiger partial charge in [-0.15, -0.1) is 0 Å². The molecule has 1 aliphatic rings. The molecule has 3 N–H and O–H groups in total. The Balaban J connectivity index is 2.15. The van der Waals surface area contributed by atoms with E-state index in [0.717, 1.165) is 5.69 Å². The second-order valence-electron chi connectivity index (χ2n) is 4.53. The Bertz CT molecular complexity index is 573. The molecule has 1 aromatic rings. The summed E-state index contributed by atoms with van der Waals surface area (Å²) >= 11 is 0. The van der Waals surface area contributed by atoms with Gasteiger partial charge < -0.3 is 20.6 Å². The zero-order valence-corrected chi connectivity index (χ0v) is 11.6. The number of anilines is 1. The molecule has 2 rings (SSSR count). The van der Waals surface area contributed by atoms with Crippen molar-refractivity contribution >= 4 is 23.4 Å². The van der Waals surface area contributed by atoms with E-state index in [1.54, 1.807) is 23.1 Å². The summed E-state index contributed by atoms with van der Waals surface area (Å²) in [5.41, 5.74) is 1.42. The molecule has 1 aliphatic heterocycles. The maximum Gasteiger partial charge on any atom is 0.310 e. The van der Waals surface area contributed by atoms with Crippen LogP contribution in [0.2, 0.25) is 0 Å². The predicted molar refractivity (Wildman–Crippen MR) is 75.4 cm³/mol. The number of fused-ring (bicyclic) bond motifs is 1. The Morgan fingerprint density at radius 3 is 2.67 bits per heavy atom.